The lowest BCUT2D eigenvalue weighted by atomic mass is 10.1. The van der Waals surface area contributed by atoms with Crippen LogP contribution in [0, 0.1) is 5.92 Å². The predicted molar refractivity (Wildman–Crippen MR) is 86.8 cm³/mol. The van der Waals surface area contributed by atoms with Gasteiger partial charge in [-0.05, 0) is 43.9 Å². The van der Waals surface area contributed by atoms with Crippen LogP contribution < -0.4 is 15.8 Å². The van der Waals surface area contributed by atoms with Gasteiger partial charge < -0.3 is 15.8 Å². The van der Waals surface area contributed by atoms with Gasteiger partial charge in [0.1, 0.15) is 5.75 Å². The third-order valence-electron chi connectivity index (χ3n) is 3.15. The SMILES string of the molecule is CC(C)CCNC(=O)C(C)Oc1c(Cl)cccc1CCN. The van der Waals surface area contributed by atoms with Crippen molar-refractivity contribution >= 4 is 17.5 Å². The minimum atomic E-state index is -0.589. The fourth-order valence-electron chi connectivity index (χ4n) is 1.90. The summed E-state index contributed by atoms with van der Waals surface area (Å²) in [6.07, 6.45) is 1.02. The second-order valence-corrected chi connectivity index (χ2v) is 5.91. The molecule has 0 aromatic heterocycles. The van der Waals surface area contributed by atoms with E-state index in [9.17, 15) is 4.79 Å². The molecule has 0 aliphatic carbocycles. The van der Waals surface area contributed by atoms with Crippen LogP contribution in [0.2, 0.25) is 5.02 Å². The number of carbonyl (C=O) groups excluding carboxylic acids is 1. The van der Waals surface area contributed by atoms with Crippen molar-refractivity contribution in [1.29, 1.82) is 0 Å². The highest BCUT2D eigenvalue weighted by molar-refractivity contribution is 6.32. The summed E-state index contributed by atoms with van der Waals surface area (Å²) in [5.41, 5.74) is 6.51. The minimum Gasteiger partial charge on any atom is -0.479 e. The molecule has 1 amide bonds. The molecule has 5 heteroatoms. The van der Waals surface area contributed by atoms with Crippen LogP contribution in [0.3, 0.4) is 0 Å². The van der Waals surface area contributed by atoms with Gasteiger partial charge in [0.15, 0.2) is 6.10 Å². The van der Waals surface area contributed by atoms with E-state index in [1.54, 1.807) is 13.0 Å². The highest BCUT2D eigenvalue weighted by atomic mass is 35.5. The number of carbonyl (C=O) groups is 1. The zero-order chi connectivity index (χ0) is 15.8. The van der Waals surface area contributed by atoms with Crippen LogP contribution in [-0.2, 0) is 11.2 Å². The first-order valence-electron chi connectivity index (χ1n) is 7.37. The van der Waals surface area contributed by atoms with Gasteiger partial charge in [0.2, 0.25) is 0 Å². The number of hydrogen-bond donors (Lipinski definition) is 2. The van der Waals surface area contributed by atoms with E-state index < -0.39 is 6.10 Å². The summed E-state index contributed by atoms with van der Waals surface area (Å²) in [5, 5.41) is 3.38. The Balaban J connectivity index is 2.65. The molecule has 1 aromatic carbocycles. The normalized spacial score (nSPS) is 12.3. The van der Waals surface area contributed by atoms with Crippen molar-refractivity contribution in [2.24, 2.45) is 11.7 Å². The molecule has 1 unspecified atom stereocenters. The van der Waals surface area contributed by atoms with E-state index in [1.165, 1.54) is 0 Å². The van der Waals surface area contributed by atoms with Crippen molar-refractivity contribution < 1.29 is 9.53 Å². The molecular weight excluding hydrogens is 288 g/mol. The van der Waals surface area contributed by atoms with E-state index in [4.69, 9.17) is 22.1 Å². The summed E-state index contributed by atoms with van der Waals surface area (Å²) in [5.74, 6) is 0.978. The van der Waals surface area contributed by atoms with Crippen molar-refractivity contribution in [1.82, 2.24) is 5.32 Å². The molecule has 0 aliphatic rings. The average molecular weight is 313 g/mol. The number of halogens is 1. The zero-order valence-corrected chi connectivity index (χ0v) is 13.7. The van der Waals surface area contributed by atoms with Gasteiger partial charge in [-0.3, -0.25) is 4.79 Å². The Kier molecular flexibility index (Phi) is 7.54. The molecule has 0 fully saturated rings. The maximum atomic E-state index is 12.0. The number of benzene rings is 1. The second kappa shape index (κ2) is 8.90. The molecule has 1 rings (SSSR count). The van der Waals surface area contributed by atoms with Crippen LogP contribution in [0.5, 0.6) is 5.75 Å². The summed E-state index contributed by atoms with van der Waals surface area (Å²) in [6.45, 7) is 7.12. The maximum Gasteiger partial charge on any atom is 0.260 e. The molecule has 3 N–H and O–H groups in total. The summed E-state index contributed by atoms with van der Waals surface area (Å²) in [6, 6.07) is 5.52. The molecule has 1 atom stereocenters. The Hall–Kier alpha value is -1.26. The predicted octanol–water partition coefficient (Wildman–Crippen LogP) is 2.77. The molecule has 0 saturated heterocycles. The number of amides is 1. The molecule has 4 nitrogen and oxygen atoms in total. The zero-order valence-electron chi connectivity index (χ0n) is 13.0. The number of rotatable bonds is 8. The second-order valence-electron chi connectivity index (χ2n) is 5.50. The maximum absolute atomic E-state index is 12.0. The van der Waals surface area contributed by atoms with Crippen LogP contribution >= 0.6 is 11.6 Å². The minimum absolute atomic E-state index is 0.130. The Bertz CT molecular complexity index is 464. The molecule has 0 aliphatic heterocycles. The van der Waals surface area contributed by atoms with Crippen LogP contribution in [0.1, 0.15) is 32.8 Å². The summed E-state index contributed by atoms with van der Waals surface area (Å²) in [4.78, 5) is 12.0. The van der Waals surface area contributed by atoms with E-state index in [1.807, 2.05) is 12.1 Å². The van der Waals surface area contributed by atoms with Crippen molar-refractivity contribution in [3.05, 3.63) is 28.8 Å². The third-order valence-corrected chi connectivity index (χ3v) is 3.44. The van der Waals surface area contributed by atoms with Crippen molar-refractivity contribution in [2.75, 3.05) is 13.1 Å². The topological polar surface area (TPSA) is 64.3 Å². The van der Waals surface area contributed by atoms with Crippen molar-refractivity contribution in [3.63, 3.8) is 0 Å². The average Bonchev–Trinajstić information content (AvgIpc) is 2.42. The standard InChI is InChI=1S/C16H25ClN2O2/c1-11(2)8-10-19-16(20)12(3)21-15-13(7-9-18)5-4-6-14(15)17/h4-6,11-12H,7-10,18H2,1-3H3,(H,19,20). The van der Waals surface area contributed by atoms with Crippen LogP contribution in [0.15, 0.2) is 18.2 Å². The van der Waals surface area contributed by atoms with Gasteiger partial charge in [-0.25, -0.2) is 0 Å². The molecule has 0 bridgehead atoms. The molecular formula is C16H25ClN2O2. The van der Waals surface area contributed by atoms with E-state index in [2.05, 4.69) is 19.2 Å². The number of para-hydroxylation sites is 1. The molecule has 0 radical (unpaired) electrons. The number of nitrogens with two attached hydrogens (primary N) is 1. The first-order chi connectivity index (χ1) is 9.95. The highest BCUT2D eigenvalue weighted by Gasteiger charge is 2.17. The van der Waals surface area contributed by atoms with Gasteiger partial charge in [-0.1, -0.05) is 37.6 Å². The first kappa shape index (κ1) is 17.8. The first-order valence-corrected chi connectivity index (χ1v) is 7.75. The Morgan fingerprint density at radius 3 is 2.71 bits per heavy atom. The van der Waals surface area contributed by atoms with E-state index in [0.717, 1.165) is 12.0 Å². The fourth-order valence-corrected chi connectivity index (χ4v) is 2.13. The molecule has 0 heterocycles. The fraction of sp³-hybridized carbons (Fsp3) is 0.562. The van der Waals surface area contributed by atoms with E-state index in [-0.39, 0.29) is 5.91 Å². The smallest absolute Gasteiger partial charge is 0.260 e. The third kappa shape index (κ3) is 5.94. The lowest BCUT2D eigenvalue weighted by Gasteiger charge is -2.18. The summed E-state index contributed by atoms with van der Waals surface area (Å²) in [7, 11) is 0. The van der Waals surface area contributed by atoms with Crippen LogP contribution in [0.4, 0.5) is 0 Å². The number of nitrogens with one attached hydrogen (secondary N) is 1. The Morgan fingerprint density at radius 2 is 2.10 bits per heavy atom. The largest absolute Gasteiger partial charge is 0.479 e. The van der Waals surface area contributed by atoms with Gasteiger partial charge in [0, 0.05) is 6.54 Å². The molecule has 118 valence electrons. The number of hydrogen-bond acceptors (Lipinski definition) is 3. The summed E-state index contributed by atoms with van der Waals surface area (Å²) >= 11 is 6.16. The van der Waals surface area contributed by atoms with Crippen LogP contribution in [0.25, 0.3) is 0 Å². The van der Waals surface area contributed by atoms with Gasteiger partial charge in [-0.2, -0.15) is 0 Å². The van der Waals surface area contributed by atoms with E-state index >= 15 is 0 Å². The monoisotopic (exact) mass is 312 g/mol. The van der Waals surface area contributed by atoms with E-state index in [0.29, 0.717) is 36.2 Å². The Labute approximate surface area is 132 Å². The molecule has 0 saturated carbocycles. The quantitative estimate of drug-likeness (QED) is 0.776. The van der Waals surface area contributed by atoms with Gasteiger partial charge in [0.05, 0.1) is 5.02 Å². The summed E-state index contributed by atoms with van der Waals surface area (Å²) < 4.78 is 5.75. The lowest BCUT2D eigenvalue weighted by Crippen LogP contribution is -2.37. The Morgan fingerprint density at radius 1 is 1.38 bits per heavy atom. The van der Waals surface area contributed by atoms with Crippen molar-refractivity contribution in [3.8, 4) is 5.75 Å². The van der Waals surface area contributed by atoms with Crippen LogP contribution in [-0.4, -0.2) is 25.1 Å². The van der Waals surface area contributed by atoms with Gasteiger partial charge in [-0.15, -0.1) is 0 Å². The van der Waals surface area contributed by atoms with Gasteiger partial charge in [0.25, 0.3) is 5.91 Å². The van der Waals surface area contributed by atoms with Gasteiger partial charge >= 0.3 is 0 Å². The highest BCUT2D eigenvalue weighted by Crippen LogP contribution is 2.29. The lowest BCUT2D eigenvalue weighted by molar-refractivity contribution is -0.127. The van der Waals surface area contributed by atoms with Crippen molar-refractivity contribution in [2.45, 2.75) is 39.7 Å². The molecule has 0 spiro atoms. The molecule has 1 aromatic rings. The molecule has 21 heavy (non-hydrogen) atoms. The number of ether oxygens (including phenoxy) is 1.